The molecule has 0 bridgehead atoms. The number of carbonyl (C=O) groups excluding carboxylic acids is 1. The van der Waals surface area contributed by atoms with Crippen LogP contribution in [0.5, 0.6) is 0 Å². The standard InChI is InChI=1S/C13H24N4OS/c1-6-11-12(19-16-15-11)13(18)14-7-8-17(9(2)3)10(4)5/h9-10H,6-8H2,1-5H3,(H,14,18). The van der Waals surface area contributed by atoms with Crippen LogP contribution in [-0.2, 0) is 6.42 Å². The number of aryl methyl sites for hydroxylation is 1. The van der Waals surface area contributed by atoms with Crippen molar-refractivity contribution in [3.05, 3.63) is 10.6 Å². The van der Waals surface area contributed by atoms with Gasteiger partial charge in [0.25, 0.3) is 5.91 Å². The molecule has 0 aliphatic rings. The van der Waals surface area contributed by atoms with E-state index in [-0.39, 0.29) is 5.91 Å². The Labute approximate surface area is 119 Å². The highest BCUT2D eigenvalue weighted by atomic mass is 32.1. The fraction of sp³-hybridized carbons (Fsp3) is 0.769. The highest BCUT2D eigenvalue weighted by Crippen LogP contribution is 2.10. The third kappa shape index (κ3) is 4.54. The zero-order valence-corrected chi connectivity index (χ0v) is 13.3. The molecule has 1 heterocycles. The summed E-state index contributed by atoms with van der Waals surface area (Å²) in [5.74, 6) is -0.0562. The highest BCUT2D eigenvalue weighted by molar-refractivity contribution is 7.08. The minimum absolute atomic E-state index is 0.0562. The smallest absolute Gasteiger partial charge is 0.264 e. The largest absolute Gasteiger partial charge is 0.350 e. The molecule has 108 valence electrons. The minimum atomic E-state index is -0.0562. The maximum atomic E-state index is 12.0. The average Bonchev–Trinajstić information content (AvgIpc) is 2.81. The predicted molar refractivity (Wildman–Crippen MR) is 78.6 cm³/mol. The average molecular weight is 284 g/mol. The van der Waals surface area contributed by atoms with E-state index in [1.54, 1.807) is 0 Å². The number of amides is 1. The predicted octanol–water partition coefficient (Wildman–Crippen LogP) is 1.95. The summed E-state index contributed by atoms with van der Waals surface area (Å²) in [7, 11) is 0. The lowest BCUT2D eigenvalue weighted by atomic mass is 10.2. The summed E-state index contributed by atoms with van der Waals surface area (Å²) in [4.78, 5) is 15.0. The number of hydrogen-bond acceptors (Lipinski definition) is 5. The molecule has 0 atom stereocenters. The molecule has 0 spiro atoms. The monoisotopic (exact) mass is 284 g/mol. The highest BCUT2D eigenvalue weighted by Gasteiger charge is 2.16. The van der Waals surface area contributed by atoms with E-state index in [9.17, 15) is 4.79 Å². The molecule has 0 saturated heterocycles. The van der Waals surface area contributed by atoms with Gasteiger partial charge in [0.1, 0.15) is 4.88 Å². The molecule has 1 aromatic heterocycles. The van der Waals surface area contributed by atoms with Crippen molar-refractivity contribution in [2.45, 2.75) is 53.1 Å². The number of carbonyl (C=O) groups is 1. The summed E-state index contributed by atoms with van der Waals surface area (Å²) in [5, 5.41) is 6.90. The molecule has 0 radical (unpaired) electrons. The Morgan fingerprint density at radius 1 is 1.32 bits per heavy atom. The molecule has 0 saturated carbocycles. The molecule has 1 N–H and O–H groups in total. The van der Waals surface area contributed by atoms with Crippen LogP contribution in [0.1, 0.15) is 50.0 Å². The van der Waals surface area contributed by atoms with Crippen LogP contribution in [0.4, 0.5) is 0 Å². The first kappa shape index (κ1) is 16.0. The molecule has 6 heteroatoms. The Hall–Kier alpha value is -1.01. The number of nitrogens with one attached hydrogen (secondary N) is 1. The second kappa shape index (κ2) is 7.55. The summed E-state index contributed by atoms with van der Waals surface area (Å²) in [6, 6.07) is 0.960. The molecule has 5 nitrogen and oxygen atoms in total. The maximum absolute atomic E-state index is 12.0. The topological polar surface area (TPSA) is 58.1 Å². The molecule has 0 fully saturated rings. The van der Waals surface area contributed by atoms with Gasteiger partial charge in [0.05, 0.1) is 5.69 Å². The van der Waals surface area contributed by atoms with Gasteiger partial charge in [-0.1, -0.05) is 11.4 Å². The first-order valence-electron chi connectivity index (χ1n) is 6.82. The van der Waals surface area contributed by atoms with Gasteiger partial charge in [-0.05, 0) is 45.6 Å². The van der Waals surface area contributed by atoms with E-state index in [1.807, 2.05) is 6.92 Å². The van der Waals surface area contributed by atoms with E-state index in [1.165, 1.54) is 11.5 Å². The van der Waals surface area contributed by atoms with Crippen LogP contribution in [0.15, 0.2) is 0 Å². The van der Waals surface area contributed by atoms with Crippen LogP contribution in [-0.4, -0.2) is 45.6 Å². The van der Waals surface area contributed by atoms with Crippen LogP contribution >= 0.6 is 11.5 Å². The van der Waals surface area contributed by atoms with Gasteiger partial charge in [-0.3, -0.25) is 9.69 Å². The van der Waals surface area contributed by atoms with Gasteiger partial charge < -0.3 is 5.32 Å². The molecule has 0 aliphatic heterocycles. The maximum Gasteiger partial charge on any atom is 0.264 e. The summed E-state index contributed by atoms with van der Waals surface area (Å²) < 4.78 is 3.83. The van der Waals surface area contributed by atoms with Crippen LogP contribution in [0, 0.1) is 0 Å². The minimum Gasteiger partial charge on any atom is -0.350 e. The normalized spacial score (nSPS) is 11.6. The Balaban J connectivity index is 2.47. The lowest BCUT2D eigenvalue weighted by molar-refractivity contribution is 0.0942. The van der Waals surface area contributed by atoms with Crippen molar-refractivity contribution < 1.29 is 4.79 Å². The molecular formula is C13H24N4OS. The second-order valence-electron chi connectivity index (χ2n) is 5.08. The van der Waals surface area contributed by atoms with Crippen LogP contribution in [0.2, 0.25) is 0 Å². The zero-order valence-electron chi connectivity index (χ0n) is 12.4. The first-order chi connectivity index (χ1) is 8.97. The van der Waals surface area contributed by atoms with Gasteiger partial charge >= 0.3 is 0 Å². The summed E-state index contributed by atoms with van der Waals surface area (Å²) in [6.45, 7) is 12.2. The van der Waals surface area contributed by atoms with Gasteiger partial charge in [0.2, 0.25) is 0 Å². The summed E-state index contributed by atoms with van der Waals surface area (Å²) in [6.07, 6.45) is 0.739. The van der Waals surface area contributed by atoms with Crippen molar-refractivity contribution in [3.8, 4) is 0 Å². The van der Waals surface area contributed by atoms with E-state index in [4.69, 9.17) is 0 Å². The lowest BCUT2D eigenvalue weighted by Gasteiger charge is -2.30. The van der Waals surface area contributed by atoms with Crippen LogP contribution < -0.4 is 5.32 Å². The summed E-state index contributed by atoms with van der Waals surface area (Å²) in [5.41, 5.74) is 0.784. The SMILES string of the molecule is CCc1nnsc1C(=O)NCCN(C(C)C)C(C)C. The fourth-order valence-electron chi connectivity index (χ4n) is 2.10. The Morgan fingerprint density at radius 2 is 1.95 bits per heavy atom. The molecular weight excluding hydrogens is 260 g/mol. The summed E-state index contributed by atoms with van der Waals surface area (Å²) >= 11 is 1.17. The van der Waals surface area contributed by atoms with Gasteiger partial charge in [-0.15, -0.1) is 5.10 Å². The second-order valence-corrected chi connectivity index (χ2v) is 5.84. The van der Waals surface area contributed by atoms with E-state index in [0.717, 1.165) is 18.7 Å². The van der Waals surface area contributed by atoms with Crippen molar-refractivity contribution in [3.63, 3.8) is 0 Å². The number of nitrogens with zero attached hydrogens (tertiary/aromatic N) is 3. The Morgan fingerprint density at radius 3 is 2.47 bits per heavy atom. The Kier molecular flexibility index (Phi) is 6.37. The van der Waals surface area contributed by atoms with Gasteiger partial charge in [0.15, 0.2) is 0 Å². The molecule has 1 amide bonds. The van der Waals surface area contributed by atoms with Crippen LogP contribution in [0.25, 0.3) is 0 Å². The van der Waals surface area contributed by atoms with Crippen molar-refractivity contribution in [2.75, 3.05) is 13.1 Å². The van der Waals surface area contributed by atoms with Crippen molar-refractivity contribution in [1.82, 2.24) is 19.8 Å². The van der Waals surface area contributed by atoms with E-state index >= 15 is 0 Å². The number of aromatic nitrogens is 2. The quantitative estimate of drug-likeness (QED) is 0.831. The molecule has 1 aromatic rings. The molecule has 0 unspecified atom stereocenters. The van der Waals surface area contributed by atoms with Crippen molar-refractivity contribution in [2.24, 2.45) is 0 Å². The zero-order chi connectivity index (χ0) is 14.4. The lowest BCUT2D eigenvalue weighted by Crippen LogP contribution is -2.42. The van der Waals surface area contributed by atoms with Crippen LogP contribution in [0.3, 0.4) is 0 Å². The van der Waals surface area contributed by atoms with E-state index < -0.39 is 0 Å². The molecule has 0 aliphatic carbocycles. The number of rotatable bonds is 7. The molecule has 0 aromatic carbocycles. The number of hydrogen-bond donors (Lipinski definition) is 1. The first-order valence-corrected chi connectivity index (χ1v) is 7.59. The third-order valence-electron chi connectivity index (χ3n) is 3.08. The van der Waals surface area contributed by atoms with Crippen molar-refractivity contribution >= 4 is 17.4 Å². The Bertz CT molecular complexity index is 395. The van der Waals surface area contributed by atoms with Gasteiger partial charge in [0, 0.05) is 25.2 Å². The third-order valence-corrected chi connectivity index (χ3v) is 3.85. The fourth-order valence-corrected chi connectivity index (χ4v) is 2.77. The van der Waals surface area contributed by atoms with Gasteiger partial charge in [-0.2, -0.15) is 0 Å². The van der Waals surface area contributed by atoms with Gasteiger partial charge in [-0.25, -0.2) is 0 Å². The molecule has 1 rings (SSSR count). The van der Waals surface area contributed by atoms with Crippen molar-refractivity contribution in [1.29, 1.82) is 0 Å². The van der Waals surface area contributed by atoms with E-state index in [2.05, 4.69) is 47.5 Å². The van der Waals surface area contributed by atoms with E-state index in [0.29, 0.717) is 23.5 Å². The molecule has 19 heavy (non-hydrogen) atoms.